The van der Waals surface area contributed by atoms with Crippen LogP contribution in [0.1, 0.15) is 27.1 Å². The molecule has 1 aromatic carbocycles. The maximum atomic E-state index is 12.6. The standard InChI is InChI=1S/C19H20N2O3S/c1-11-5-7-14(8-6-11)18-17-12(2)13(3)25-19(17)21(10-16(23)24-4)15(22)9-20-18/h5-8H,9-10H2,1-4H3. The van der Waals surface area contributed by atoms with Crippen molar-refractivity contribution in [3.63, 3.8) is 0 Å². The Balaban J connectivity index is 2.15. The van der Waals surface area contributed by atoms with E-state index in [4.69, 9.17) is 4.74 Å². The Kier molecular flexibility index (Phi) is 4.72. The average Bonchev–Trinajstić information content (AvgIpc) is 2.81. The molecule has 25 heavy (non-hydrogen) atoms. The summed E-state index contributed by atoms with van der Waals surface area (Å²) in [6, 6.07) is 8.10. The Morgan fingerprint density at radius 2 is 1.92 bits per heavy atom. The van der Waals surface area contributed by atoms with Crippen LogP contribution in [0.15, 0.2) is 29.3 Å². The van der Waals surface area contributed by atoms with Crippen LogP contribution in [0, 0.1) is 20.8 Å². The van der Waals surface area contributed by atoms with Gasteiger partial charge < -0.3 is 4.74 Å². The number of carbonyl (C=O) groups excluding carboxylic acids is 2. The molecular formula is C19H20N2O3S. The summed E-state index contributed by atoms with van der Waals surface area (Å²) in [6.07, 6.45) is 0. The maximum absolute atomic E-state index is 12.6. The van der Waals surface area contributed by atoms with Crippen molar-refractivity contribution in [2.75, 3.05) is 25.1 Å². The van der Waals surface area contributed by atoms with Crippen LogP contribution in [0.4, 0.5) is 5.00 Å². The molecule has 0 aliphatic carbocycles. The Bertz CT molecular complexity index is 866. The highest BCUT2D eigenvalue weighted by molar-refractivity contribution is 7.17. The molecule has 1 aliphatic heterocycles. The van der Waals surface area contributed by atoms with E-state index >= 15 is 0 Å². The minimum atomic E-state index is -0.443. The van der Waals surface area contributed by atoms with Crippen molar-refractivity contribution < 1.29 is 14.3 Å². The lowest BCUT2D eigenvalue weighted by Crippen LogP contribution is -2.37. The van der Waals surface area contributed by atoms with Gasteiger partial charge in [-0.3, -0.25) is 19.5 Å². The molecule has 5 nitrogen and oxygen atoms in total. The fraction of sp³-hybridized carbons (Fsp3) is 0.316. The largest absolute Gasteiger partial charge is 0.468 e. The normalized spacial score (nSPS) is 14.0. The lowest BCUT2D eigenvalue weighted by molar-refractivity contribution is -0.139. The summed E-state index contributed by atoms with van der Waals surface area (Å²) in [5, 5.41) is 0.766. The molecule has 0 saturated carbocycles. The van der Waals surface area contributed by atoms with Crippen LogP contribution in [-0.4, -0.2) is 37.8 Å². The number of esters is 1. The number of fused-ring (bicyclic) bond motifs is 1. The molecule has 0 unspecified atom stereocenters. The zero-order valence-corrected chi connectivity index (χ0v) is 15.6. The lowest BCUT2D eigenvalue weighted by atomic mass is 9.99. The van der Waals surface area contributed by atoms with Gasteiger partial charge in [-0.05, 0) is 26.3 Å². The number of benzene rings is 1. The number of anilines is 1. The zero-order chi connectivity index (χ0) is 18.1. The Labute approximate surface area is 150 Å². The number of hydrogen-bond acceptors (Lipinski definition) is 5. The minimum absolute atomic E-state index is 0.0140. The molecule has 0 bridgehead atoms. The molecular weight excluding hydrogens is 336 g/mol. The number of thiophene rings is 1. The van der Waals surface area contributed by atoms with E-state index < -0.39 is 5.97 Å². The molecule has 3 rings (SSSR count). The molecule has 0 saturated heterocycles. The minimum Gasteiger partial charge on any atom is -0.468 e. The molecule has 0 spiro atoms. The fourth-order valence-electron chi connectivity index (χ4n) is 2.80. The van der Waals surface area contributed by atoms with E-state index in [2.05, 4.69) is 4.99 Å². The molecule has 1 aliphatic rings. The fourth-order valence-corrected chi connectivity index (χ4v) is 3.98. The smallest absolute Gasteiger partial charge is 0.325 e. The van der Waals surface area contributed by atoms with Gasteiger partial charge in [-0.25, -0.2) is 0 Å². The number of methoxy groups -OCH3 is 1. The molecule has 2 aromatic rings. The summed E-state index contributed by atoms with van der Waals surface area (Å²) in [7, 11) is 1.32. The van der Waals surface area contributed by atoms with Crippen molar-refractivity contribution in [1.82, 2.24) is 0 Å². The second-order valence-electron chi connectivity index (χ2n) is 6.05. The van der Waals surface area contributed by atoms with Crippen LogP contribution in [0.3, 0.4) is 0 Å². The number of hydrogen-bond donors (Lipinski definition) is 0. The topological polar surface area (TPSA) is 59.0 Å². The van der Waals surface area contributed by atoms with Crippen molar-refractivity contribution in [2.45, 2.75) is 20.8 Å². The van der Waals surface area contributed by atoms with Crippen LogP contribution in [0.2, 0.25) is 0 Å². The molecule has 0 atom stereocenters. The number of amides is 1. The third kappa shape index (κ3) is 3.22. The number of aliphatic imine (C=N–C) groups is 1. The van der Waals surface area contributed by atoms with Gasteiger partial charge in [-0.15, -0.1) is 11.3 Å². The Hall–Kier alpha value is -2.47. The predicted molar refractivity (Wildman–Crippen MR) is 99.8 cm³/mol. The van der Waals surface area contributed by atoms with Gasteiger partial charge in [-0.2, -0.15) is 0 Å². The second-order valence-corrected chi connectivity index (χ2v) is 7.25. The first kappa shape index (κ1) is 17.4. The summed E-state index contributed by atoms with van der Waals surface area (Å²) >= 11 is 1.51. The number of nitrogens with zero attached hydrogens (tertiary/aromatic N) is 2. The number of rotatable bonds is 3. The highest BCUT2D eigenvalue weighted by Gasteiger charge is 2.30. The highest BCUT2D eigenvalue weighted by Crippen LogP contribution is 2.38. The van der Waals surface area contributed by atoms with Crippen LogP contribution in [-0.2, 0) is 14.3 Å². The van der Waals surface area contributed by atoms with Crippen LogP contribution < -0.4 is 4.90 Å². The first-order valence-corrected chi connectivity index (χ1v) is 8.83. The number of carbonyl (C=O) groups is 2. The van der Waals surface area contributed by atoms with Gasteiger partial charge in [0, 0.05) is 16.0 Å². The summed E-state index contributed by atoms with van der Waals surface area (Å²) in [4.78, 5) is 31.6. The van der Waals surface area contributed by atoms with Crippen molar-refractivity contribution in [2.24, 2.45) is 4.99 Å². The second kappa shape index (κ2) is 6.80. The van der Waals surface area contributed by atoms with Crippen LogP contribution >= 0.6 is 11.3 Å². The SMILES string of the molecule is COC(=O)CN1C(=O)CN=C(c2ccc(C)cc2)c2c1sc(C)c2C. The van der Waals surface area contributed by atoms with Crippen molar-refractivity contribution in [3.8, 4) is 0 Å². The van der Waals surface area contributed by atoms with E-state index in [0.29, 0.717) is 0 Å². The maximum Gasteiger partial charge on any atom is 0.325 e. The predicted octanol–water partition coefficient (Wildman–Crippen LogP) is 3.03. The van der Waals surface area contributed by atoms with Gasteiger partial charge in [0.2, 0.25) is 5.91 Å². The monoisotopic (exact) mass is 356 g/mol. The molecule has 2 heterocycles. The first-order valence-electron chi connectivity index (χ1n) is 8.01. The van der Waals surface area contributed by atoms with Gasteiger partial charge in [0.1, 0.15) is 18.1 Å². The van der Waals surface area contributed by atoms with E-state index in [0.717, 1.165) is 32.3 Å². The van der Waals surface area contributed by atoms with Gasteiger partial charge in [-0.1, -0.05) is 29.8 Å². The van der Waals surface area contributed by atoms with Crippen LogP contribution in [0.5, 0.6) is 0 Å². The van der Waals surface area contributed by atoms with Gasteiger partial charge in [0.25, 0.3) is 0 Å². The molecule has 1 amide bonds. The van der Waals surface area contributed by atoms with E-state index in [1.54, 1.807) is 0 Å². The third-order valence-corrected chi connectivity index (χ3v) is 5.59. The summed E-state index contributed by atoms with van der Waals surface area (Å²) in [6.45, 7) is 5.99. The van der Waals surface area contributed by atoms with E-state index in [1.807, 2.05) is 45.0 Å². The van der Waals surface area contributed by atoms with Gasteiger partial charge in [0.15, 0.2) is 0 Å². The molecule has 0 radical (unpaired) electrons. The first-order chi connectivity index (χ1) is 11.9. The van der Waals surface area contributed by atoms with E-state index in [-0.39, 0.29) is 19.0 Å². The molecule has 0 fully saturated rings. The highest BCUT2D eigenvalue weighted by atomic mass is 32.1. The van der Waals surface area contributed by atoms with Crippen LogP contribution in [0.25, 0.3) is 0 Å². The zero-order valence-electron chi connectivity index (χ0n) is 14.8. The van der Waals surface area contributed by atoms with Gasteiger partial charge in [0.05, 0.1) is 12.8 Å². The van der Waals surface area contributed by atoms with Crippen molar-refractivity contribution >= 4 is 33.9 Å². The molecule has 0 N–H and O–H groups in total. The quantitative estimate of drug-likeness (QED) is 0.794. The Morgan fingerprint density at radius 3 is 2.56 bits per heavy atom. The molecule has 130 valence electrons. The number of aryl methyl sites for hydroxylation is 2. The summed E-state index contributed by atoms with van der Waals surface area (Å²) in [5.41, 5.74) is 4.96. The third-order valence-electron chi connectivity index (χ3n) is 4.36. The van der Waals surface area contributed by atoms with E-state index in [9.17, 15) is 9.59 Å². The summed E-state index contributed by atoms with van der Waals surface area (Å²) < 4.78 is 4.75. The Morgan fingerprint density at radius 1 is 1.24 bits per heavy atom. The molecule has 6 heteroatoms. The average molecular weight is 356 g/mol. The van der Waals surface area contributed by atoms with E-state index in [1.165, 1.54) is 28.9 Å². The van der Waals surface area contributed by atoms with Crippen molar-refractivity contribution in [1.29, 1.82) is 0 Å². The van der Waals surface area contributed by atoms with Gasteiger partial charge >= 0.3 is 5.97 Å². The molecule has 1 aromatic heterocycles. The van der Waals surface area contributed by atoms with Crippen molar-refractivity contribution in [3.05, 3.63) is 51.4 Å². The summed E-state index contributed by atoms with van der Waals surface area (Å²) in [5.74, 6) is -0.642. The lowest BCUT2D eigenvalue weighted by Gasteiger charge is -2.19. The number of ether oxygens (including phenoxy) is 1.